The molecular weight excluding hydrogens is 204 g/mol. The predicted octanol–water partition coefficient (Wildman–Crippen LogP) is -0.396. The van der Waals surface area contributed by atoms with Crippen LogP contribution in [-0.4, -0.2) is 51.5 Å². The molecule has 0 radical (unpaired) electrons. The van der Waals surface area contributed by atoms with E-state index in [-0.39, 0.29) is 6.61 Å². The highest BCUT2D eigenvalue weighted by molar-refractivity contribution is 7.87. The maximum atomic E-state index is 11.5. The molecule has 1 fully saturated rings. The van der Waals surface area contributed by atoms with Crippen molar-refractivity contribution in [2.75, 3.05) is 32.8 Å². The van der Waals surface area contributed by atoms with E-state index in [0.717, 1.165) is 26.2 Å². The summed E-state index contributed by atoms with van der Waals surface area (Å²) in [5.74, 6) is 0. The number of nitrogens with zero attached hydrogens (tertiary/aromatic N) is 1. The van der Waals surface area contributed by atoms with Crippen molar-refractivity contribution >= 4 is 10.1 Å². The summed E-state index contributed by atoms with van der Waals surface area (Å²) in [6.45, 7) is 6.76. The summed E-state index contributed by atoms with van der Waals surface area (Å²) >= 11 is 0. The SMILES string of the molecule is CCOS(=O)(=O)C(C)N1CCNCC1. The average molecular weight is 222 g/mol. The van der Waals surface area contributed by atoms with Gasteiger partial charge in [-0.15, -0.1) is 0 Å². The molecule has 84 valence electrons. The summed E-state index contributed by atoms with van der Waals surface area (Å²) < 4.78 is 27.8. The van der Waals surface area contributed by atoms with Crippen LogP contribution >= 0.6 is 0 Å². The van der Waals surface area contributed by atoms with E-state index in [1.54, 1.807) is 13.8 Å². The summed E-state index contributed by atoms with van der Waals surface area (Å²) in [4.78, 5) is 1.92. The van der Waals surface area contributed by atoms with E-state index in [1.807, 2.05) is 4.90 Å². The molecule has 6 heteroatoms. The Labute approximate surface area is 85.5 Å². The second-order valence-electron chi connectivity index (χ2n) is 3.28. The molecule has 0 bridgehead atoms. The van der Waals surface area contributed by atoms with Crippen LogP contribution in [0.5, 0.6) is 0 Å². The Morgan fingerprint density at radius 2 is 2.00 bits per heavy atom. The first-order valence-electron chi connectivity index (χ1n) is 4.91. The lowest BCUT2D eigenvalue weighted by atomic mass is 10.4. The van der Waals surface area contributed by atoms with Crippen LogP contribution < -0.4 is 5.32 Å². The molecule has 1 atom stereocenters. The fourth-order valence-electron chi connectivity index (χ4n) is 1.49. The maximum Gasteiger partial charge on any atom is 0.283 e. The lowest BCUT2D eigenvalue weighted by molar-refractivity contribution is 0.209. The summed E-state index contributed by atoms with van der Waals surface area (Å²) in [6.07, 6.45) is 0. The van der Waals surface area contributed by atoms with Gasteiger partial charge in [-0.3, -0.25) is 9.08 Å². The van der Waals surface area contributed by atoms with Gasteiger partial charge in [-0.25, -0.2) is 0 Å². The van der Waals surface area contributed by atoms with Crippen LogP contribution in [0.3, 0.4) is 0 Å². The Hall–Kier alpha value is -0.170. The monoisotopic (exact) mass is 222 g/mol. The largest absolute Gasteiger partial charge is 0.314 e. The summed E-state index contributed by atoms with van der Waals surface area (Å²) in [5, 5.41) is 2.64. The van der Waals surface area contributed by atoms with Gasteiger partial charge in [-0.2, -0.15) is 8.42 Å². The normalized spacial score (nSPS) is 22.1. The summed E-state index contributed by atoms with van der Waals surface area (Å²) in [6, 6.07) is 0. The van der Waals surface area contributed by atoms with Crippen LogP contribution in [0.4, 0.5) is 0 Å². The Morgan fingerprint density at radius 3 is 2.50 bits per heavy atom. The van der Waals surface area contributed by atoms with Gasteiger partial charge >= 0.3 is 0 Å². The lowest BCUT2D eigenvalue weighted by Crippen LogP contribution is -2.50. The second kappa shape index (κ2) is 5.06. The first-order valence-corrected chi connectivity index (χ1v) is 6.38. The molecule has 0 aromatic heterocycles. The Kier molecular flexibility index (Phi) is 4.31. The molecule has 1 rings (SSSR count). The molecule has 1 N–H and O–H groups in total. The van der Waals surface area contributed by atoms with Gasteiger partial charge < -0.3 is 5.32 Å². The van der Waals surface area contributed by atoms with Gasteiger partial charge in [0.2, 0.25) is 0 Å². The molecule has 1 aliphatic rings. The highest BCUT2D eigenvalue weighted by atomic mass is 32.2. The molecule has 0 saturated carbocycles. The van der Waals surface area contributed by atoms with Gasteiger partial charge in [-0.05, 0) is 13.8 Å². The number of rotatable bonds is 4. The van der Waals surface area contributed by atoms with Crippen LogP contribution in [0.1, 0.15) is 13.8 Å². The fourth-order valence-corrected chi connectivity index (χ4v) is 2.59. The van der Waals surface area contributed by atoms with Crippen LogP contribution in [0.2, 0.25) is 0 Å². The van der Waals surface area contributed by atoms with Crippen LogP contribution in [-0.2, 0) is 14.3 Å². The molecule has 1 aliphatic heterocycles. The van der Waals surface area contributed by atoms with Crippen molar-refractivity contribution in [3.63, 3.8) is 0 Å². The molecule has 5 nitrogen and oxygen atoms in total. The molecular formula is C8H18N2O3S. The Balaban J connectivity index is 2.58. The Morgan fingerprint density at radius 1 is 1.43 bits per heavy atom. The van der Waals surface area contributed by atoms with Crippen LogP contribution in [0.25, 0.3) is 0 Å². The number of nitrogens with one attached hydrogen (secondary N) is 1. The zero-order valence-electron chi connectivity index (χ0n) is 8.69. The highest BCUT2D eigenvalue weighted by Crippen LogP contribution is 2.10. The topological polar surface area (TPSA) is 58.6 Å². The van der Waals surface area contributed by atoms with Gasteiger partial charge in [0, 0.05) is 26.2 Å². The van der Waals surface area contributed by atoms with E-state index in [4.69, 9.17) is 4.18 Å². The van der Waals surface area contributed by atoms with Crippen molar-refractivity contribution < 1.29 is 12.6 Å². The van der Waals surface area contributed by atoms with E-state index >= 15 is 0 Å². The molecule has 0 spiro atoms. The third-order valence-corrected chi connectivity index (χ3v) is 4.06. The molecule has 0 aromatic carbocycles. The zero-order chi connectivity index (χ0) is 10.6. The summed E-state index contributed by atoms with van der Waals surface area (Å²) in [5.41, 5.74) is 0. The standard InChI is InChI=1S/C8H18N2O3S/c1-3-13-14(11,12)8(2)10-6-4-9-5-7-10/h8-9H,3-7H2,1-2H3. The van der Waals surface area contributed by atoms with Crippen molar-refractivity contribution in [3.8, 4) is 0 Å². The summed E-state index contributed by atoms with van der Waals surface area (Å²) in [7, 11) is -3.41. The van der Waals surface area contributed by atoms with Gasteiger partial charge in [0.05, 0.1) is 6.61 Å². The molecule has 0 aromatic rings. The van der Waals surface area contributed by atoms with E-state index in [9.17, 15) is 8.42 Å². The molecule has 0 amide bonds. The lowest BCUT2D eigenvalue weighted by Gasteiger charge is -2.31. The number of hydrogen-bond donors (Lipinski definition) is 1. The fraction of sp³-hybridized carbons (Fsp3) is 1.00. The van der Waals surface area contributed by atoms with Crippen molar-refractivity contribution in [3.05, 3.63) is 0 Å². The van der Waals surface area contributed by atoms with Gasteiger partial charge in [0.15, 0.2) is 0 Å². The highest BCUT2D eigenvalue weighted by Gasteiger charge is 2.28. The molecule has 1 heterocycles. The number of hydrogen-bond acceptors (Lipinski definition) is 5. The van der Waals surface area contributed by atoms with Gasteiger partial charge in [-0.1, -0.05) is 0 Å². The van der Waals surface area contributed by atoms with Crippen molar-refractivity contribution in [2.24, 2.45) is 0 Å². The Bertz CT molecular complexity index is 260. The van der Waals surface area contributed by atoms with Crippen molar-refractivity contribution in [1.82, 2.24) is 10.2 Å². The minimum Gasteiger partial charge on any atom is -0.314 e. The third-order valence-electron chi connectivity index (χ3n) is 2.37. The molecule has 1 unspecified atom stereocenters. The second-order valence-corrected chi connectivity index (χ2v) is 5.19. The van der Waals surface area contributed by atoms with Crippen molar-refractivity contribution in [2.45, 2.75) is 19.2 Å². The van der Waals surface area contributed by atoms with E-state index in [2.05, 4.69) is 5.32 Å². The minimum atomic E-state index is -3.41. The van der Waals surface area contributed by atoms with E-state index in [1.165, 1.54) is 0 Å². The molecule has 0 aliphatic carbocycles. The van der Waals surface area contributed by atoms with E-state index < -0.39 is 15.5 Å². The van der Waals surface area contributed by atoms with E-state index in [0.29, 0.717) is 0 Å². The maximum absolute atomic E-state index is 11.5. The van der Waals surface area contributed by atoms with Crippen molar-refractivity contribution in [1.29, 1.82) is 0 Å². The first kappa shape index (κ1) is 11.9. The minimum absolute atomic E-state index is 0.207. The molecule has 14 heavy (non-hydrogen) atoms. The van der Waals surface area contributed by atoms with Gasteiger partial charge in [0.25, 0.3) is 10.1 Å². The molecule has 1 saturated heterocycles. The third kappa shape index (κ3) is 2.91. The van der Waals surface area contributed by atoms with Crippen LogP contribution in [0, 0.1) is 0 Å². The zero-order valence-corrected chi connectivity index (χ0v) is 9.51. The number of piperazine rings is 1. The van der Waals surface area contributed by atoms with Crippen LogP contribution in [0.15, 0.2) is 0 Å². The first-order chi connectivity index (χ1) is 6.58. The van der Waals surface area contributed by atoms with Gasteiger partial charge in [0.1, 0.15) is 5.37 Å². The quantitative estimate of drug-likeness (QED) is 0.656. The smallest absolute Gasteiger partial charge is 0.283 e. The predicted molar refractivity (Wildman–Crippen MR) is 54.5 cm³/mol. The average Bonchev–Trinajstić information content (AvgIpc) is 2.18.